The normalized spacial score (nSPS) is 17.7. The Bertz CT molecular complexity index is 532. The van der Waals surface area contributed by atoms with Gasteiger partial charge in [0.2, 0.25) is 11.8 Å². The predicted molar refractivity (Wildman–Crippen MR) is 134 cm³/mol. The van der Waals surface area contributed by atoms with Crippen LogP contribution in [0.3, 0.4) is 0 Å². The average Bonchev–Trinajstić information content (AvgIpc) is 2.43. The number of carbonyl (C=O) groups excluding carboxylic acids is 2. The quantitative estimate of drug-likeness (QED) is 0.370. The summed E-state index contributed by atoms with van der Waals surface area (Å²) in [6.45, 7) is 22.1. The maximum Gasteiger partial charge on any atom is 0.218 e. The van der Waals surface area contributed by atoms with Gasteiger partial charge < -0.3 is 9.80 Å². The van der Waals surface area contributed by atoms with Gasteiger partial charge in [0.25, 0.3) is 0 Å². The summed E-state index contributed by atoms with van der Waals surface area (Å²) in [5, 5.41) is 0. The number of rotatable bonds is 8. The summed E-state index contributed by atoms with van der Waals surface area (Å²) in [7, 11) is -1.98. The van der Waals surface area contributed by atoms with Crippen molar-refractivity contribution in [3.63, 3.8) is 0 Å². The molecule has 0 radical (unpaired) electrons. The lowest BCUT2D eigenvalue weighted by Crippen LogP contribution is -2.88. The van der Waals surface area contributed by atoms with Crippen LogP contribution in [0, 0.1) is 0 Å². The van der Waals surface area contributed by atoms with Crippen molar-refractivity contribution in [1.82, 2.24) is 9.80 Å². The molecule has 0 unspecified atom stereocenters. The first-order chi connectivity index (χ1) is 11.7. The second-order valence-electron chi connectivity index (χ2n) is 10.5. The number of nitrogens with zero attached hydrogens (tertiary/aromatic N) is 2. The van der Waals surface area contributed by atoms with E-state index in [1.165, 1.54) is 0 Å². The van der Waals surface area contributed by atoms with Crippen LogP contribution in [-0.4, -0.2) is 83.2 Å². The zero-order valence-corrected chi connectivity index (χ0v) is 25.9. The first kappa shape index (κ1) is 27.6. The van der Waals surface area contributed by atoms with Gasteiger partial charge in [0, 0.05) is 40.3 Å². The van der Waals surface area contributed by atoms with Gasteiger partial charge in [-0.25, -0.2) is 0 Å². The molecule has 0 fully saturated rings. The Morgan fingerprint density at radius 2 is 0.889 bits per heavy atom. The van der Waals surface area contributed by atoms with Crippen molar-refractivity contribution in [1.29, 1.82) is 0 Å². The fourth-order valence-electron chi connectivity index (χ4n) is 3.93. The molecular formula is C16H40Cl2N2O2Si5. The first-order valence-corrected chi connectivity index (χ1v) is 29.9. The maximum atomic E-state index is 12.0. The Hall–Kier alpha value is 0.604. The topological polar surface area (TPSA) is 40.6 Å². The molecule has 0 aliphatic carbocycles. The molecule has 0 spiro atoms. The molecule has 11 heteroatoms. The van der Waals surface area contributed by atoms with Crippen LogP contribution in [0.15, 0.2) is 0 Å². The van der Waals surface area contributed by atoms with E-state index in [2.05, 4.69) is 52.4 Å². The lowest BCUT2D eigenvalue weighted by atomic mass is 10.6. The lowest BCUT2D eigenvalue weighted by Gasteiger charge is -2.57. The van der Waals surface area contributed by atoms with Crippen LogP contribution in [0.5, 0.6) is 0 Å². The molecule has 0 aromatic carbocycles. The van der Waals surface area contributed by atoms with E-state index >= 15 is 0 Å². The van der Waals surface area contributed by atoms with E-state index < -0.39 is 35.1 Å². The van der Waals surface area contributed by atoms with Gasteiger partial charge in [0.1, 0.15) is 0 Å². The van der Waals surface area contributed by atoms with E-state index in [-0.39, 0.29) is 11.8 Å². The Labute approximate surface area is 180 Å². The van der Waals surface area contributed by atoms with Crippen molar-refractivity contribution in [3.8, 4) is 0 Å². The van der Waals surface area contributed by atoms with E-state index in [1.54, 1.807) is 13.8 Å². The summed E-state index contributed by atoms with van der Waals surface area (Å²) in [5.41, 5.74) is 0. The van der Waals surface area contributed by atoms with Gasteiger partial charge >= 0.3 is 0 Å². The third-order valence-electron chi connectivity index (χ3n) is 6.34. The third kappa shape index (κ3) is 5.40. The number of hydrogen-bond donors (Lipinski definition) is 0. The first-order valence-electron chi connectivity index (χ1n) is 9.47. The minimum atomic E-state index is -2.37. The minimum Gasteiger partial charge on any atom is -0.348 e. The maximum absolute atomic E-state index is 12.0. The molecule has 27 heavy (non-hydrogen) atoms. The SMILES string of the molecule is CC(=O)N(C)C[Si@](Cl)([Si](C)(C)C)[Si](C)(C)[Si@](Cl)(CN(C)C(C)=O)[Si](C)(C)C. The molecule has 0 rings (SSSR count). The summed E-state index contributed by atoms with van der Waals surface area (Å²) in [5.74, 6) is 0.123. The van der Waals surface area contributed by atoms with Gasteiger partial charge in [-0.15, -0.1) is 0 Å². The summed E-state index contributed by atoms with van der Waals surface area (Å²) in [6.07, 6.45) is -3.39. The van der Waals surface area contributed by atoms with Crippen molar-refractivity contribution < 1.29 is 9.59 Å². The standard InChI is InChI=1S/C16H40Cl2N2O2Si5/c1-15(21)19(3)13-26(17,23(5,6)7)25(11,12)27(18,24(8,9)10)14-20(4)16(2)22/h13-14H2,1-12H3/t26-,27-/m0/s1. The fourth-order valence-corrected chi connectivity index (χ4v) is 124. The van der Waals surface area contributed by atoms with Crippen LogP contribution in [0.25, 0.3) is 0 Å². The molecule has 0 heterocycles. The minimum absolute atomic E-state index is 0.0614. The molecule has 0 aliphatic heterocycles. The largest absolute Gasteiger partial charge is 0.348 e. The number of halogens is 2. The highest BCUT2D eigenvalue weighted by Crippen LogP contribution is 2.44. The Balaban J connectivity index is 6.62. The molecular weight excluding hydrogens is 464 g/mol. The van der Waals surface area contributed by atoms with Crippen LogP contribution >= 0.6 is 22.2 Å². The lowest BCUT2D eigenvalue weighted by molar-refractivity contribution is -0.127. The molecule has 0 aromatic rings. The molecule has 0 aromatic heterocycles. The van der Waals surface area contributed by atoms with E-state index in [0.717, 1.165) is 0 Å². The van der Waals surface area contributed by atoms with E-state index in [0.29, 0.717) is 12.3 Å². The summed E-state index contributed by atoms with van der Waals surface area (Å²) >= 11 is 15.5. The van der Waals surface area contributed by atoms with Crippen LogP contribution in [0.4, 0.5) is 0 Å². The smallest absolute Gasteiger partial charge is 0.218 e. The monoisotopic (exact) mass is 502 g/mol. The zero-order valence-electron chi connectivity index (χ0n) is 19.4. The van der Waals surface area contributed by atoms with E-state index in [4.69, 9.17) is 22.2 Å². The highest BCUT2D eigenvalue weighted by molar-refractivity contribution is 8.04. The number of hydrogen-bond acceptors (Lipinski definition) is 2. The highest BCUT2D eigenvalue weighted by atomic mass is 35.6. The third-order valence-corrected chi connectivity index (χ3v) is 104. The van der Waals surface area contributed by atoms with Crippen LogP contribution in [0.2, 0.25) is 52.4 Å². The molecule has 0 aliphatic rings. The highest BCUT2D eigenvalue weighted by Gasteiger charge is 2.69. The van der Waals surface area contributed by atoms with Crippen molar-refractivity contribution in [2.24, 2.45) is 0 Å². The second kappa shape index (κ2) is 8.77. The molecule has 2 amide bonds. The summed E-state index contributed by atoms with van der Waals surface area (Å²) < 4.78 is 0. The van der Waals surface area contributed by atoms with Crippen LogP contribution in [0.1, 0.15) is 13.8 Å². The van der Waals surface area contributed by atoms with Gasteiger partial charge in [0.15, 0.2) is 12.8 Å². The number of carbonyl (C=O) groups is 2. The van der Waals surface area contributed by atoms with Gasteiger partial charge in [0.05, 0.1) is 22.3 Å². The molecule has 160 valence electrons. The molecule has 0 N–H and O–H groups in total. The summed E-state index contributed by atoms with van der Waals surface area (Å²) in [4.78, 5) is 27.7. The number of amides is 2. The Kier molecular flexibility index (Phi) is 8.96. The molecule has 0 saturated heterocycles. The van der Waals surface area contributed by atoms with Gasteiger partial charge in [-0.3, -0.25) is 9.59 Å². The predicted octanol–water partition coefficient (Wildman–Crippen LogP) is 4.09. The Morgan fingerprint density at radius 3 is 1.04 bits per heavy atom. The average molecular weight is 504 g/mol. The molecule has 2 atom stereocenters. The fraction of sp³-hybridized carbons (Fsp3) is 0.875. The van der Waals surface area contributed by atoms with E-state index in [1.807, 2.05) is 23.9 Å². The molecule has 0 saturated carbocycles. The van der Waals surface area contributed by atoms with Gasteiger partial charge in [-0.2, -0.15) is 22.2 Å². The van der Waals surface area contributed by atoms with Crippen molar-refractivity contribution in [2.75, 3.05) is 26.4 Å². The summed E-state index contributed by atoms with van der Waals surface area (Å²) in [6, 6.07) is 0. The van der Waals surface area contributed by atoms with Gasteiger partial charge in [-0.05, 0) is 0 Å². The molecule has 4 nitrogen and oxygen atoms in total. The van der Waals surface area contributed by atoms with Crippen molar-refractivity contribution in [2.45, 2.75) is 66.2 Å². The zero-order chi connectivity index (χ0) is 22.2. The second-order valence-corrected chi connectivity index (χ2v) is 65.5. The molecule has 0 bridgehead atoms. The van der Waals surface area contributed by atoms with E-state index in [9.17, 15) is 9.59 Å². The Morgan fingerprint density at radius 1 is 0.667 bits per heavy atom. The van der Waals surface area contributed by atoms with Crippen molar-refractivity contribution >= 4 is 69.1 Å². The van der Waals surface area contributed by atoms with Crippen LogP contribution in [-0.2, 0) is 9.59 Å². The van der Waals surface area contributed by atoms with Crippen molar-refractivity contribution in [3.05, 3.63) is 0 Å². The van der Waals surface area contributed by atoms with Gasteiger partial charge in [-0.1, -0.05) is 52.4 Å². The van der Waals surface area contributed by atoms with Crippen LogP contribution < -0.4 is 0 Å².